The number of carbonyl (C=O) groups is 1. The lowest BCUT2D eigenvalue weighted by atomic mass is 10.0. The van der Waals surface area contributed by atoms with Gasteiger partial charge in [-0.05, 0) is 56.5 Å². The fraction of sp³-hybridized carbons (Fsp3) is 0.583. The van der Waals surface area contributed by atoms with Crippen LogP contribution in [-0.2, 0) is 25.6 Å². The Bertz CT molecular complexity index is 1490. The van der Waals surface area contributed by atoms with Crippen LogP contribution in [0, 0.1) is 37.5 Å². The summed E-state index contributed by atoms with van der Waals surface area (Å²) in [7, 11) is -4.91. The van der Waals surface area contributed by atoms with Crippen molar-refractivity contribution in [3.63, 3.8) is 0 Å². The Labute approximate surface area is 206 Å². The third kappa shape index (κ3) is 4.77. The molecular formula is C24H34N2O4S2. The summed E-state index contributed by atoms with van der Waals surface area (Å²) in [6.45, 7) is 5.14. The van der Waals surface area contributed by atoms with Crippen molar-refractivity contribution in [1.29, 1.82) is 0 Å². The molecule has 2 aromatic rings. The van der Waals surface area contributed by atoms with Gasteiger partial charge >= 0.3 is 0 Å². The molecule has 0 bridgehead atoms. The van der Waals surface area contributed by atoms with Crippen molar-refractivity contribution in [3.8, 4) is 0 Å². The van der Waals surface area contributed by atoms with Gasteiger partial charge in [-0.2, -0.15) is 13.4 Å². The molecule has 0 spiro atoms. The molecule has 176 valence electrons. The Morgan fingerprint density at radius 2 is 1.72 bits per heavy atom. The zero-order valence-corrected chi connectivity index (χ0v) is 20.9. The molecule has 0 aliphatic heterocycles. The predicted molar refractivity (Wildman–Crippen MR) is 127 cm³/mol. The zero-order chi connectivity index (χ0) is 31.1. The summed E-state index contributed by atoms with van der Waals surface area (Å²) < 4.78 is 98.4. The van der Waals surface area contributed by atoms with E-state index in [1.807, 2.05) is 27.7 Å². The van der Waals surface area contributed by atoms with E-state index in [1.165, 1.54) is 19.1 Å². The molecule has 6 nitrogen and oxygen atoms in total. The number of carbonyl (C=O) groups excluding carboxylic acids is 1. The number of rotatable bonds is 8. The minimum Gasteiger partial charge on any atom is -0.321 e. The molecule has 3 rings (SSSR count). The fourth-order valence-electron chi connectivity index (χ4n) is 3.67. The number of hydrogen-bond acceptors (Lipinski definition) is 5. The normalized spacial score (nSPS) is 23.7. The molecule has 1 fully saturated rings. The van der Waals surface area contributed by atoms with Crippen molar-refractivity contribution in [1.82, 2.24) is 4.57 Å². The molecule has 0 atom stereocenters. The van der Waals surface area contributed by atoms with E-state index in [-0.39, 0.29) is 21.3 Å². The summed E-state index contributed by atoms with van der Waals surface area (Å²) in [6, 6.07) is 5.11. The van der Waals surface area contributed by atoms with E-state index in [0.29, 0.717) is 10.4 Å². The average molecular weight is 487 g/mol. The molecule has 1 aliphatic carbocycles. The lowest BCUT2D eigenvalue weighted by Crippen LogP contribution is -2.20. The van der Waals surface area contributed by atoms with E-state index in [0.717, 1.165) is 28.0 Å². The highest BCUT2D eigenvalue weighted by atomic mass is 32.2. The molecule has 1 aromatic carbocycles. The summed E-state index contributed by atoms with van der Waals surface area (Å²) in [5.74, 6) is -1.01. The molecule has 1 aliphatic rings. The summed E-state index contributed by atoms with van der Waals surface area (Å²) >= 11 is 0.910. The van der Waals surface area contributed by atoms with Gasteiger partial charge in [-0.15, -0.1) is 11.3 Å². The van der Waals surface area contributed by atoms with Crippen LogP contribution in [-0.4, -0.2) is 25.5 Å². The highest BCUT2D eigenvalue weighted by Crippen LogP contribution is 2.68. The second-order valence-electron chi connectivity index (χ2n) is 9.00. The molecule has 1 heterocycles. The summed E-state index contributed by atoms with van der Waals surface area (Å²) in [4.78, 5) is 17.0. The van der Waals surface area contributed by atoms with Gasteiger partial charge in [-0.3, -0.25) is 8.98 Å². The van der Waals surface area contributed by atoms with Gasteiger partial charge in [-0.25, -0.2) is 0 Å². The number of nitrogens with zero attached hydrogens (tertiary/aromatic N) is 2. The standard InChI is InChI=1S/C24H34N2O4S2/c1-16-10-12-19(13-11-16)32(28,29)30-15-9-8-14-26-17(2)18(3)31-22(26)25-21(27)20-23(4,5)24(20,6)7/h10-13,20H,8-9,14-15H2,1-7H3/i8D2,9D2,14D2,15D2. The SMILES string of the molecule is [2H]C([2H])(OS(=O)(=O)c1ccc(C)cc1)C([2H])([2H])C([2H])([2H])C([2H])([2H])n1c(C)c(C)sc1=NC(=O)C1C(C)(C)C1(C)C. The Morgan fingerprint density at radius 3 is 2.28 bits per heavy atom. The fourth-order valence-corrected chi connectivity index (χ4v) is 5.31. The first-order chi connectivity index (χ1) is 17.8. The van der Waals surface area contributed by atoms with Gasteiger partial charge in [0.2, 0.25) is 0 Å². The number of aryl methyl sites for hydroxylation is 2. The van der Waals surface area contributed by atoms with Gasteiger partial charge < -0.3 is 4.57 Å². The van der Waals surface area contributed by atoms with E-state index in [4.69, 9.17) is 11.0 Å². The number of benzene rings is 1. The van der Waals surface area contributed by atoms with Crippen LogP contribution in [0.4, 0.5) is 0 Å². The molecule has 0 radical (unpaired) electrons. The smallest absolute Gasteiger partial charge is 0.296 e. The van der Waals surface area contributed by atoms with Crippen molar-refractivity contribution in [2.75, 3.05) is 6.56 Å². The largest absolute Gasteiger partial charge is 0.321 e. The van der Waals surface area contributed by atoms with E-state index in [9.17, 15) is 13.2 Å². The monoisotopic (exact) mass is 486 g/mol. The maximum atomic E-state index is 13.1. The van der Waals surface area contributed by atoms with E-state index in [1.54, 1.807) is 13.8 Å². The van der Waals surface area contributed by atoms with Gasteiger partial charge in [0.15, 0.2) is 4.80 Å². The Morgan fingerprint density at radius 1 is 1.12 bits per heavy atom. The van der Waals surface area contributed by atoms with Crippen LogP contribution in [0.15, 0.2) is 34.2 Å². The van der Waals surface area contributed by atoms with Crippen LogP contribution >= 0.6 is 11.3 Å². The van der Waals surface area contributed by atoms with Crippen molar-refractivity contribution in [2.45, 2.75) is 72.6 Å². The maximum absolute atomic E-state index is 13.1. The van der Waals surface area contributed by atoms with Crippen molar-refractivity contribution in [3.05, 3.63) is 45.2 Å². The molecule has 0 saturated heterocycles. The molecule has 1 aromatic heterocycles. The number of hydrogen-bond donors (Lipinski definition) is 0. The van der Waals surface area contributed by atoms with Gasteiger partial charge in [0, 0.05) is 25.3 Å². The van der Waals surface area contributed by atoms with Crippen LogP contribution < -0.4 is 4.80 Å². The predicted octanol–water partition coefficient (Wildman–Crippen LogP) is 4.77. The lowest BCUT2D eigenvalue weighted by Gasteiger charge is -2.08. The second kappa shape index (κ2) is 8.88. The zero-order valence-electron chi connectivity index (χ0n) is 27.2. The summed E-state index contributed by atoms with van der Waals surface area (Å²) in [5.41, 5.74) is 0.0979. The lowest BCUT2D eigenvalue weighted by molar-refractivity contribution is -0.120. The first-order valence-electron chi connectivity index (χ1n) is 14.1. The van der Waals surface area contributed by atoms with Gasteiger partial charge in [-0.1, -0.05) is 45.4 Å². The van der Waals surface area contributed by atoms with Crippen LogP contribution in [0.5, 0.6) is 0 Å². The summed E-state index contributed by atoms with van der Waals surface area (Å²) in [5, 5.41) is 0. The van der Waals surface area contributed by atoms with Gasteiger partial charge in [0.25, 0.3) is 16.0 Å². The quantitative estimate of drug-likeness (QED) is 0.504. The number of amides is 1. The Balaban J connectivity index is 2.09. The molecule has 8 heteroatoms. The van der Waals surface area contributed by atoms with Crippen molar-refractivity contribution in [2.24, 2.45) is 21.7 Å². The van der Waals surface area contributed by atoms with Crippen LogP contribution in [0.1, 0.15) is 67.5 Å². The minimum atomic E-state index is -4.91. The molecule has 1 saturated carbocycles. The Kier molecular flexibility index (Phi) is 4.43. The first kappa shape index (κ1) is 16.0. The molecule has 32 heavy (non-hydrogen) atoms. The molecular weight excluding hydrogens is 444 g/mol. The number of aromatic nitrogens is 1. The number of thiazole rings is 1. The van der Waals surface area contributed by atoms with Gasteiger partial charge in [0.05, 0.1) is 20.1 Å². The minimum absolute atomic E-state index is 0.143. The van der Waals surface area contributed by atoms with Crippen LogP contribution in [0.25, 0.3) is 0 Å². The van der Waals surface area contributed by atoms with E-state index in [2.05, 4.69) is 9.18 Å². The topological polar surface area (TPSA) is 77.7 Å². The average Bonchev–Trinajstić information content (AvgIpc) is 3.01. The van der Waals surface area contributed by atoms with Crippen molar-refractivity contribution >= 4 is 27.4 Å². The third-order valence-corrected chi connectivity index (χ3v) is 8.71. The highest BCUT2D eigenvalue weighted by Gasteiger charge is 2.68. The van der Waals surface area contributed by atoms with Crippen LogP contribution in [0.2, 0.25) is 0 Å². The second-order valence-corrected chi connectivity index (χ2v) is 11.7. The first-order valence-corrected chi connectivity index (χ1v) is 12.3. The maximum Gasteiger partial charge on any atom is 0.296 e. The molecule has 1 amide bonds. The third-order valence-electron chi connectivity index (χ3n) is 6.50. The molecule has 0 unspecified atom stereocenters. The summed E-state index contributed by atoms with van der Waals surface area (Å²) in [6.07, 6.45) is -7.63. The van der Waals surface area contributed by atoms with E-state index < -0.39 is 52.6 Å². The van der Waals surface area contributed by atoms with Crippen LogP contribution in [0.3, 0.4) is 0 Å². The van der Waals surface area contributed by atoms with Gasteiger partial charge in [0.1, 0.15) is 0 Å². The highest BCUT2D eigenvalue weighted by molar-refractivity contribution is 7.86. The molecule has 0 N–H and O–H groups in total. The van der Waals surface area contributed by atoms with Crippen molar-refractivity contribution < 1.29 is 28.4 Å². The van der Waals surface area contributed by atoms with E-state index >= 15 is 0 Å². The Hall–Kier alpha value is -1.77.